The average molecular weight is 677 g/mol. The van der Waals surface area contributed by atoms with Crippen molar-refractivity contribution in [1.29, 1.82) is 0 Å². The summed E-state index contributed by atoms with van der Waals surface area (Å²) in [7, 11) is -9.99. The highest BCUT2D eigenvalue weighted by Crippen LogP contribution is 2.46. The van der Waals surface area contributed by atoms with Crippen LogP contribution in [-0.4, -0.2) is 53.2 Å². The van der Waals surface area contributed by atoms with Gasteiger partial charge >= 0.3 is 20.2 Å². The van der Waals surface area contributed by atoms with Crippen LogP contribution < -0.4 is 13.1 Å². The Morgan fingerprint density at radius 3 is 1.78 bits per heavy atom. The number of nitro benzene ring substituents is 2. The van der Waals surface area contributed by atoms with Crippen molar-refractivity contribution < 1.29 is 60.2 Å². The molecule has 17 nitrogen and oxygen atoms in total. The normalized spacial score (nSPS) is 16.1. The monoisotopic (exact) mass is 676 g/mol. The third kappa shape index (κ3) is 6.01. The second-order valence-corrected chi connectivity index (χ2v) is 12.7. The SMILES string of the molecule is O=[N+]([O-])c1ccccc1S(=O)(=O)Oc1cc2c(c(OS(=O)(=O)c3ccccc3[N+](=O)[O-])c1)C[C@@H](O)[C@@H](c1cc(O)c(O)c(O)c1)O2. The fourth-order valence-electron chi connectivity index (χ4n) is 4.61. The average Bonchev–Trinajstić information content (AvgIpc) is 2.99. The number of benzene rings is 4. The number of aliphatic hydroxyl groups excluding tert-OH is 1. The smallest absolute Gasteiger partial charge is 0.346 e. The van der Waals surface area contributed by atoms with Crippen LogP contribution in [0.25, 0.3) is 0 Å². The van der Waals surface area contributed by atoms with Gasteiger partial charge in [0.15, 0.2) is 38.9 Å². The predicted molar refractivity (Wildman–Crippen MR) is 153 cm³/mol. The predicted octanol–water partition coefficient (Wildman–Crippen LogP) is 3.19. The molecule has 0 radical (unpaired) electrons. The molecule has 0 amide bonds. The Morgan fingerprint density at radius 1 is 0.761 bits per heavy atom. The molecule has 1 aliphatic rings. The number of aromatic hydroxyl groups is 3. The van der Waals surface area contributed by atoms with Gasteiger partial charge in [0, 0.05) is 41.8 Å². The van der Waals surface area contributed by atoms with Crippen LogP contribution in [0.15, 0.2) is 82.6 Å². The number of hydrogen-bond acceptors (Lipinski definition) is 15. The summed E-state index contributed by atoms with van der Waals surface area (Å²) in [5.74, 6) is -4.12. The Hall–Kier alpha value is -5.66. The second-order valence-electron chi connectivity index (χ2n) is 9.64. The quantitative estimate of drug-likeness (QED) is 0.0858. The maximum absolute atomic E-state index is 13.3. The molecule has 0 spiro atoms. The first kappa shape index (κ1) is 31.8. The highest BCUT2D eigenvalue weighted by molar-refractivity contribution is 7.87. The van der Waals surface area contributed by atoms with Crippen molar-refractivity contribution in [2.45, 2.75) is 28.4 Å². The third-order valence-electron chi connectivity index (χ3n) is 6.65. The number of phenolic OH excluding ortho intramolecular Hbond substituents is 3. The largest absolute Gasteiger partial charge is 0.504 e. The zero-order chi connectivity index (χ0) is 33.6. The van der Waals surface area contributed by atoms with Gasteiger partial charge in [0.2, 0.25) is 0 Å². The van der Waals surface area contributed by atoms with Crippen LogP contribution in [0.1, 0.15) is 17.2 Å². The summed E-state index contributed by atoms with van der Waals surface area (Å²) in [5.41, 5.74) is -1.92. The summed E-state index contributed by atoms with van der Waals surface area (Å²) in [6.07, 6.45) is -3.40. The summed E-state index contributed by atoms with van der Waals surface area (Å²) in [6.45, 7) is 0. The molecule has 0 unspecified atom stereocenters. The van der Waals surface area contributed by atoms with Gasteiger partial charge in [-0.15, -0.1) is 0 Å². The molecule has 1 heterocycles. The van der Waals surface area contributed by atoms with Gasteiger partial charge < -0.3 is 33.5 Å². The second kappa shape index (κ2) is 11.7. The summed E-state index contributed by atoms with van der Waals surface area (Å²) >= 11 is 0. The van der Waals surface area contributed by atoms with Gasteiger partial charge in [-0.25, -0.2) is 0 Å². The van der Waals surface area contributed by atoms with E-state index in [1.807, 2.05) is 0 Å². The Kier molecular flexibility index (Phi) is 8.07. The van der Waals surface area contributed by atoms with E-state index >= 15 is 0 Å². The molecule has 4 aromatic rings. The molecule has 5 rings (SSSR count). The van der Waals surface area contributed by atoms with E-state index in [9.17, 15) is 57.5 Å². The van der Waals surface area contributed by atoms with E-state index in [2.05, 4.69) is 0 Å². The van der Waals surface area contributed by atoms with Crippen molar-refractivity contribution in [2.75, 3.05) is 0 Å². The lowest BCUT2D eigenvalue weighted by Crippen LogP contribution is -2.31. The summed E-state index contributed by atoms with van der Waals surface area (Å²) in [6, 6.07) is 12.1. The zero-order valence-corrected chi connectivity index (χ0v) is 24.4. The minimum Gasteiger partial charge on any atom is -0.504 e. The molecule has 4 aromatic carbocycles. The Morgan fingerprint density at radius 2 is 1.26 bits per heavy atom. The number of hydrogen-bond donors (Lipinski definition) is 4. The number of fused-ring (bicyclic) bond motifs is 1. The van der Waals surface area contributed by atoms with E-state index in [-0.39, 0.29) is 16.9 Å². The number of para-hydroxylation sites is 2. The highest BCUT2D eigenvalue weighted by atomic mass is 32.2. The van der Waals surface area contributed by atoms with Crippen LogP contribution in [0, 0.1) is 20.2 Å². The van der Waals surface area contributed by atoms with E-state index in [0.717, 1.165) is 48.5 Å². The zero-order valence-electron chi connectivity index (χ0n) is 22.8. The topological polar surface area (TPSA) is 263 Å². The molecule has 0 bridgehead atoms. The van der Waals surface area contributed by atoms with Gasteiger partial charge in [-0.2, -0.15) is 16.8 Å². The van der Waals surface area contributed by atoms with E-state index < -0.39 is 98.6 Å². The van der Waals surface area contributed by atoms with Gasteiger partial charge in [-0.05, 0) is 24.3 Å². The van der Waals surface area contributed by atoms with Gasteiger partial charge in [-0.1, -0.05) is 24.3 Å². The summed E-state index contributed by atoms with van der Waals surface area (Å²) in [5, 5.41) is 63.5. The first-order valence-corrected chi connectivity index (χ1v) is 15.5. The van der Waals surface area contributed by atoms with Crippen LogP contribution >= 0.6 is 0 Å². The number of nitro groups is 2. The first-order valence-electron chi connectivity index (χ1n) is 12.7. The number of nitrogens with zero attached hydrogens (tertiary/aromatic N) is 2. The maximum Gasteiger partial charge on any atom is 0.346 e. The highest BCUT2D eigenvalue weighted by Gasteiger charge is 2.37. The molecule has 0 saturated carbocycles. The fraction of sp³-hybridized carbons (Fsp3) is 0.111. The van der Waals surface area contributed by atoms with Gasteiger partial charge in [-0.3, -0.25) is 20.2 Å². The maximum atomic E-state index is 13.3. The summed E-state index contributed by atoms with van der Waals surface area (Å²) in [4.78, 5) is 19.3. The van der Waals surface area contributed by atoms with Gasteiger partial charge in [0.25, 0.3) is 11.4 Å². The third-order valence-corrected chi connectivity index (χ3v) is 9.23. The number of aliphatic hydroxyl groups is 1. The lowest BCUT2D eigenvalue weighted by atomic mass is 9.93. The Labute approximate surface area is 258 Å². The molecule has 0 aromatic heterocycles. The van der Waals surface area contributed by atoms with Crippen molar-refractivity contribution in [2.24, 2.45) is 0 Å². The van der Waals surface area contributed by atoms with Crippen molar-refractivity contribution in [3.05, 3.63) is 104 Å². The Bertz CT molecular complexity index is 2090. The molecule has 1 aliphatic heterocycles. The minimum absolute atomic E-state index is 0.0696. The van der Waals surface area contributed by atoms with E-state index in [0.29, 0.717) is 0 Å². The van der Waals surface area contributed by atoms with Crippen molar-refractivity contribution in [3.63, 3.8) is 0 Å². The van der Waals surface area contributed by atoms with Crippen LogP contribution in [-0.2, 0) is 26.7 Å². The van der Waals surface area contributed by atoms with Crippen LogP contribution in [0.3, 0.4) is 0 Å². The van der Waals surface area contributed by atoms with Gasteiger partial charge in [0.05, 0.1) is 16.0 Å². The minimum atomic E-state index is -5.02. The molecule has 19 heteroatoms. The fourth-order valence-corrected chi connectivity index (χ4v) is 6.81. The van der Waals surface area contributed by atoms with Crippen molar-refractivity contribution >= 4 is 31.6 Å². The van der Waals surface area contributed by atoms with E-state index in [1.165, 1.54) is 24.3 Å². The molecule has 46 heavy (non-hydrogen) atoms. The van der Waals surface area contributed by atoms with Crippen molar-refractivity contribution in [3.8, 4) is 34.5 Å². The molecule has 2 atom stereocenters. The molecule has 0 saturated heterocycles. The van der Waals surface area contributed by atoms with Crippen molar-refractivity contribution in [1.82, 2.24) is 0 Å². The molecular weight excluding hydrogens is 656 g/mol. The molecular formula is C27H20N2O15S2. The molecule has 0 aliphatic carbocycles. The molecule has 0 fully saturated rings. The summed E-state index contributed by atoms with van der Waals surface area (Å²) < 4.78 is 69.0. The van der Waals surface area contributed by atoms with E-state index in [4.69, 9.17) is 13.1 Å². The lowest BCUT2D eigenvalue weighted by Gasteiger charge is -2.32. The lowest BCUT2D eigenvalue weighted by molar-refractivity contribution is -0.388. The molecule has 240 valence electrons. The molecule has 4 N–H and O–H groups in total. The Balaban J connectivity index is 1.64. The van der Waals surface area contributed by atoms with Crippen LogP contribution in [0.2, 0.25) is 0 Å². The number of phenols is 3. The van der Waals surface area contributed by atoms with E-state index in [1.54, 1.807) is 0 Å². The van der Waals surface area contributed by atoms with Crippen LogP contribution in [0.4, 0.5) is 11.4 Å². The first-order chi connectivity index (χ1) is 21.6. The number of rotatable bonds is 9. The number of ether oxygens (including phenoxy) is 1. The van der Waals surface area contributed by atoms with Crippen LogP contribution in [0.5, 0.6) is 34.5 Å². The standard InChI is InChI=1S/C27H20N2O15S2/c30-19-9-14(10-20(31)26(19)33)27-21(32)13-16-22(42-27)11-15(43-45(38,39)24-7-3-1-5-17(24)28(34)35)12-23(16)44-46(40,41)25-8-4-2-6-18(25)29(36)37/h1-12,21,27,30-33H,13H2/t21-,27-/m1/s1. The van der Waals surface area contributed by atoms with Gasteiger partial charge in [0.1, 0.15) is 11.5 Å².